The second-order valence-corrected chi connectivity index (χ2v) is 7.19. The van der Waals surface area contributed by atoms with E-state index in [4.69, 9.17) is 9.47 Å². The van der Waals surface area contributed by atoms with Crippen LogP contribution in [0.15, 0.2) is 48.5 Å². The number of hydrogen-bond acceptors (Lipinski definition) is 4. The summed E-state index contributed by atoms with van der Waals surface area (Å²) < 4.78 is 10.8. The van der Waals surface area contributed by atoms with E-state index in [1.54, 1.807) is 36.3 Å². The Morgan fingerprint density at radius 3 is 2.37 bits per heavy atom. The quantitative estimate of drug-likeness (QED) is 0.611. The standard InChI is InChI=1S/C24H32N2O4/c1-5-14-25-24(28)22(6-2)26(16-19-9-7-8-18(3)15-19)23(27)17-30-21-12-10-20(29-4)11-13-21/h7-13,15,22H,5-6,14,16-17H2,1-4H3,(H,25,28). The van der Waals surface area contributed by atoms with Crippen LogP contribution in [-0.2, 0) is 16.1 Å². The number of carbonyl (C=O) groups is 2. The van der Waals surface area contributed by atoms with Gasteiger partial charge in [-0.05, 0) is 49.6 Å². The first-order chi connectivity index (χ1) is 14.5. The van der Waals surface area contributed by atoms with Gasteiger partial charge in [-0.15, -0.1) is 0 Å². The van der Waals surface area contributed by atoms with Crippen LogP contribution in [0.2, 0.25) is 0 Å². The monoisotopic (exact) mass is 412 g/mol. The zero-order valence-corrected chi connectivity index (χ0v) is 18.3. The van der Waals surface area contributed by atoms with Gasteiger partial charge in [0.05, 0.1) is 7.11 Å². The van der Waals surface area contributed by atoms with Crippen LogP contribution >= 0.6 is 0 Å². The summed E-state index contributed by atoms with van der Waals surface area (Å²) >= 11 is 0. The van der Waals surface area contributed by atoms with Crippen LogP contribution < -0.4 is 14.8 Å². The molecule has 0 spiro atoms. The van der Waals surface area contributed by atoms with Crippen molar-refractivity contribution in [2.45, 2.75) is 46.2 Å². The lowest BCUT2D eigenvalue weighted by Crippen LogP contribution is -2.50. The molecule has 30 heavy (non-hydrogen) atoms. The van der Waals surface area contributed by atoms with E-state index in [-0.39, 0.29) is 18.4 Å². The van der Waals surface area contributed by atoms with E-state index in [1.807, 2.05) is 45.0 Å². The second kappa shape index (κ2) is 11.9. The van der Waals surface area contributed by atoms with E-state index >= 15 is 0 Å². The third-order valence-corrected chi connectivity index (χ3v) is 4.79. The first kappa shape index (κ1) is 23.3. The minimum Gasteiger partial charge on any atom is -0.497 e. The van der Waals surface area contributed by atoms with Gasteiger partial charge >= 0.3 is 0 Å². The summed E-state index contributed by atoms with van der Waals surface area (Å²) in [4.78, 5) is 27.4. The molecule has 0 heterocycles. The number of hydrogen-bond donors (Lipinski definition) is 1. The van der Waals surface area contributed by atoms with Crippen molar-refractivity contribution in [3.8, 4) is 11.5 Å². The van der Waals surface area contributed by atoms with Gasteiger partial charge < -0.3 is 19.7 Å². The van der Waals surface area contributed by atoms with Crippen LogP contribution in [0.5, 0.6) is 11.5 Å². The minimum atomic E-state index is -0.552. The molecule has 0 aliphatic heterocycles. The Hall–Kier alpha value is -3.02. The topological polar surface area (TPSA) is 67.9 Å². The molecule has 0 fully saturated rings. The zero-order chi connectivity index (χ0) is 21.9. The molecule has 1 N–H and O–H groups in total. The van der Waals surface area contributed by atoms with Crippen molar-refractivity contribution in [2.24, 2.45) is 0 Å². The lowest BCUT2D eigenvalue weighted by atomic mass is 10.1. The molecule has 1 unspecified atom stereocenters. The largest absolute Gasteiger partial charge is 0.497 e. The van der Waals surface area contributed by atoms with Crippen LogP contribution in [0.4, 0.5) is 0 Å². The number of aryl methyl sites for hydroxylation is 1. The number of rotatable bonds is 11. The maximum Gasteiger partial charge on any atom is 0.261 e. The Morgan fingerprint density at radius 2 is 1.77 bits per heavy atom. The number of ether oxygens (including phenoxy) is 2. The molecule has 2 rings (SSSR count). The SMILES string of the molecule is CCCNC(=O)C(CC)N(Cc1cccc(C)c1)C(=O)COc1ccc(OC)cc1. The first-order valence-corrected chi connectivity index (χ1v) is 10.4. The van der Waals surface area contributed by atoms with E-state index in [0.717, 1.165) is 17.5 Å². The van der Waals surface area contributed by atoms with Gasteiger partial charge in [0.1, 0.15) is 17.5 Å². The van der Waals surface area contributed by atoms with Gasteiger partial charge in [0.15, 0.2) is 6.61 Å². The lowest BCUT2D eigenvalue weighted by molar-refractivity contribution is -0.143. The van der Waals surface area contributed by atoms with Crippen molar-refractivity contribution in [3.05, 3.63) is 59.7 Å². The summed E-state index contributed by atoms with van der Waals surface area (Å²) in [7, 11) is 1.59. The molecule has 1 atom stereocenters. The fourth-order valence-corrected chi connectivity index (χ4v) is 3.19. The van der Waals surface area contributed by atoms with Gasteiger partial charge in [0.2, 0.25) is 5.91 Å². The van der Waals surface area contributed by atoms with Crippen molar-refractivity contribution >= 4 is 11.8 Å². The third kappa shape index (κ3) is 6.79. The summed E-state index contributed by atoms with van der Waals surface area (Å²) in [6, 6.07) is 14.5. The fraction of sp³-hybridized carbons (Fsp3) is 0.417. The highest BCUT2D eigenvalue weighted by Gasteiger charge is 2.28. The van der Waals surface area contributed by atoms with Gasteiger partial charge in [-0.2, -0.15) is 0 Å². The smallest absolute Gasteiger partial charge is 0.261 e. The molecular weight excluding hydrogens is 380 g/mol. The van der Waals surface area contributed by atoms with Crippen LogP contribution in [0.1, 0.15) is 37.8 Å². The van der Waals surface area contributed by atoms with E-state index < -0.39 is 6.04 Å². The summed E-state index contributed by atoms with van der Waals surface area (Å²) in [6.07, 6.45) is 1.37. The first-order valence-electron chi connectivity index (χ1n) is 10.4. The second-order valence-electron chi connectivity index (χ2n) is 7.19. The number of nitrogens with zero attached hydrogens (tertiary/aromatic N) is 1. The Kier molecular flexibility index (Phi) is 9.19. The predicted octanol–water partition coefficient (Wildman–Crippen LogP) is 3.72. The van der Waals surface area contributed by atoms with Crippen LogP contribution in [0, 0.1) is 6.92 Å². The number of benzene rings is 2. The number of carbonyl (C=O) groups excluding carboxylic acids is 2. The van der Waals surface area contributed by atoms with Crippen molar-refractivity contribution in [1.82, 2.24) is 10.2 Å². The Balaban J connectivity index is 2.16. The molecule has 2 amide bonds. The van der Waals surface area contributed by atoms with E-state index in [9.17, 15) is 9.59 Å². The normalized spacial score (nSPS) is 11.5. The minimum absolute atomic E-state index is 0.134. The van der Waals surface area contributed by atoms with Gasteiger partial charge in [0.25, 0.3) is 5.91 Å². The molecule has 0 aromatic heterocycles. The highest BCUT2D eigenvalue weighted by molar-refractivity contribution is 5.88. The summed E-state index contributed by atoms with van der Waals surface area (Å²) in [5.74, 6) is 0.923. The van der Waals surface area contributed by atoms with Gasteiger partial charge in [-0.3, -0.25) is 9.59 Å². The molecule has 0 saturated heterocycles. The molecule has 6 heteroatoms. The zero-order valence-electron chi connectivity index (χ0n) is 18.3. The Labute approximate surface area is 179 Å². The van der Waals surface area contributed by atoms with Gasteiger partial charge in [-0.1, -0.05) is 43.7 Å². The highest BCUT2D eigenvalue weighted by Crippen LogP contribution is 2.18. The van der Waals surface area contributed by atoms with Crippen molar-refractivity contribution in [3.63, 3.8) is 0 Å². The van der Waals surface area contributed by atoms with Crippen molar-refractivity contribution in [2.75, 3.05) is 20.3 Å². The summed E-state index contributed by atoms with van der Waals surface area (Å²) in [6.45, 7) is 6.72. The molecule has 162 valence electrons. The van der Waals surface area contributed by atoms with E-state index in [0.29, 0.717) is 31.0 Å². The van der Waals surface area contributed by atoms with E-state index in [1.165, 1.54) is 0 Å². The van der Waals surface area contributed by atoms with Gasteiger partial charge in [0, 0.05) is 13.1 Å². The molecule has 0 radical (unpaired) electrons. The van der Waals surface area contributed by atoms with E-state index in [2.05, 4.69) is 5.32 Å². The number of nitrogens with one attached hydrogen (secondary N) is 1. The average molecular weight is 413 g/mol. The van der Waals surface area contributed by atoms with Gasteiger partial charge in [-0.25, -0.2) is 0 Å². The number of methoxy groups -OCH3 is 1. The van der Waals surface area contributed by atoms with Crippen LogP contribution in [-0.4, -0.2) is 43.0 Å². The molecule has 0 bridgehead atoms. The molecule has 2 aromatic rings. The average Bonchev–Trinajstić information content (AvgIpc) is 2.76. The molecule has 6 nitrogen and oxygen atoms in total. The Morgan fingerprint density at radius 1 is 1.07 bits per heavy atom. The summed E-state index contributed by atoms with van der Waals surface area (Å²) in [5.41, 5.74) is 2.09. The third-order valence-electron chi connectivity index (χ3n) is 4.79. The Bertz CT molecular complexity index is 820. The molecule has 2 aromatic carbocycles. The van der Waals surface area contributed by atoms with Crippen LogP contribution in [0.3, 0.4) is 0 Å². The van der Waals surface area contributed by atoms with Crippen LogP contribution in [0.25, 0.3) is 0 Å². The maximum atomic E-state index is 13.1. The summed E-state index contributed by atoms with van der Waals surface area (Å²) in [5, 5.41) is 2.91. The fourth-order valence-electron chi connectivity index (χ4n) is 3.19. The molecule has 0 aliphatic rings. The van der Waals surface area contributed by atoms with Crippen molar-refractivity contribution < 1.29 is 19.1 Å². The predicted molar refractivity (Wildman–Crippen MR) is 118 cm³/mol. The molecule has 0 aliphatic carbocycles. The molecular formula is C24H32N2O4. The lowest BCUT2D eigenvalue weighted by Gasteiger charge is -2.30. The number of amides is 2. The van der Waals surface area contributed by atoms with Crippen molar-refractivity contribution in [1.29, 1.82) is 0 Å². The molecule has 0 saturated carbocycles. The maximum absolute atomic E-state index is 13.1. The highest BCUT2D eigenvalue weighted by atomic mass is 16.5.